The van der Waals surface area contributed by atoms with Crippen LogP contribution >= 0.6 is 11.3 Å². The second-order valence-electron chi connectivity index (χ2n) is 4.26. The molecular weight excluding hydrogens is 265 g/mol. The Bertz CT molecular complexity index is 364. The van der Waals surface area contributed by atoms with Crippen molar-refractivity contribution in [3.05, 3.63) is 5.01 Å². The van der Waals surface area contributed by atoms with E-state index in [9.17, 15) is 13.2 Å². The summed E-state index contributed by atoms with van der Waals surface area (Å²) in [7, 11) is 2.01. The first kappa shape index (κ1) is 15.2. The van der Waals surface area contributed by atoms with Gasteiger partial charge in [0.25, 0.3) is 0 Å². The Balaban J connectivity index is 2.30. The van der Waals surface area contributed by atoms with E-state index in [0.717, 1.165) is 13.0 Å². The molecule has 0 bridgehead atoms. The highest BCUT2D eigenvalue weighted by molar-refractivity contribution is 7.15. The quantitative estimate of drug-likeness (QED) is 0.815. The van der Waals surface area contributed by atoms with Gasteiger partial charge in [0.15, 0.2) is 0 Å². The summed E-state index contributed by atoms with van der Waals surface area (Å²) in [5.74, 6) is 0. The fourth-order valence-electron chi connectivity index (χ4n) is 1.19. The van der Waals surface area contributed by atoms with Crippen molar-refractivity contribution in [3.8, 4) is 0 Å². The summed E-state index contributed by atoms with van der Waals surface area (Å²) >= 11 is 0.533. The molecule has 8 heteroatoms. The molecule has 0 saturated carbocycles. The average molecular weight is 282 g/mol. The lowest BCUT2D eigenvalue weighted by Gasteiger charge is -2.20. The number of alkyl halides is 3. The number of halogens is 3. The van der Waals surface area contributed by atoms with Gasteiger partial charge in [0.2, 0.25) is 10.1 Å². The maximum atomic E-state index is 12.3. The Hall–Kier alpha value is -0.890. The molecule has 0 aromatic carbocycles. The van der Waals surface area contributed by atoms with Gasteiger partial charge in [0.05, 0.1) is 0 Å². The van der Waals surface area contributed by atoms with Crippen LogP contribution in [-0.4, -0.2) is 41.3 Å². The molecule has 1 aromatic heterocycles. The minimum atomic E-state index is -4.41. The van der Waals surface area contributed by atoms with Crippen molar-refractivity contribution >= 4 is 16.5 Å². The smallest absolute Gasteiger partial charge is 0.360 e. The van der Waals surface area contributed by atoms with Gasteiger partial charge in [0.1, 0.15) is 0 Å². The van der Waals surface area contributed by atoms with E-state index in [-0.39, 0.29) is 5.13 Å². The fourth-order valence-corrected chi connectivity index (χ4v) is 1.83. The summed E-state index contributed by atoms with van der Waals surface area (Å²) in [6.07, 6.45) is -3.56. The monoisotopic (exact) mass is 282 g/mol. The number of nitrogens with one attached hydrogen (secondary N) is 1. The van der Waals surface area contributed by atoms with Crippen molar-refractivity contribution in [1.82, 2.24) is 15.1 Å². The topological polar surface area (TPSA) is 41.0 Å². The minimum Gasteiger partial charge on any atom is -0.360 e. The fraction of sp³-hybridized carbons (Fsp3) is 0.800. The molecule has 0 fully saturated rings. The molecule has 0 aliphatic rings. The van der Waals surface area contributed by atoms with E-state index in [1.54, 1.807) is 0 Å². The lowest BCUT2D eigenvalue weighted by molar-refractivity contribution is -0.138. The van der Waals surface area contributed by atoms with E-state index in [0.29, 0.717) is 23.9 Å². The summed E-state index contributed by atoms with van der Waals surface area (Å²) in [6, 6.07) is 0.461. The normalized spacial score (nSPS) is 12.4. The molecule has 4 nitrogen and oxygen atoms in total. The highest BCUT2D eigenvalue weighted by atomic mass is 32.1. The second-order valence-corrected chi connectivity index (χ2v) is 5.24. The van der Waals surface area contributed by atoms with Crippen molar-refractivity contribution in [2.24, 2.45) is 0 Å². The second kappa shape index (κ2) is 6.33. The third-order valence-electron chi connectivity index (χ3n) is 2.51. The number of rotatable bonds is 6. The first-order valence-electron chi connectivity index (χ1n) is 5.65. The Morgan fingerprint density at radius 1 is 1.33 bits per heavy atom. The predicted molar refractivity (Wildman–Crippen MR) is 65.8 cm³/mol. The van der Waals surface area contributed by atoms with Crippen LogP contribution in [0.3, 0.4) is 0 Å². The summed E-state index contributed by atoms with van der Waals surface area (Å²) in [5.41, 5.74) is 0. The molecule has 104 valence electrons. The molecule has 0 radical (unpaired) electrons. The van der Waals surface area contributed by atoms with Crippen molar-refractivity contribution < 1.29 is 13.2 Å². The van der Waals surface area contributed by atoms with Crippen LogP contribution < -0.4 is 5.32 Å². The van der Waals surface area contributed by atoms with E-state index in [2.05, 4.69) is 34.3 Å². The Kier molecular flexibility index (Phi) is 5.33. The molecule has 18 heavy (non-hydrogen) atoms. The highest BCUT2D eigenvalue weighted by Gasteiger charge is 2.35. The molecule has 0 amide bonds. The van der Waals surface area contributed by atoms with E-state index < -0.39 is 11.2 Å². The maximum Gasteiger partial charge on any atom is 0.445 e. The first-order valence-corrected chi connectivity index (χ1v) is 6.47. The summed E-state index contributed by atoms with van der Waals surface area (Å²) < 4.78 is 36.8. The highest BCUT2D eigenvalue weighted by Crippen LogP contribution is 2.32. The van der Waals surface area contributed by atoms with Crippen molar-refractivity contribution in [1.29, 1.82) is 0 Å². The number of hydrogen-bond donors (Lipinski definition) is 1. The summed E-state index contributed by atoms with van der Waals surface area (Å²) in [6.45, 7) is 5.65. The SMILES string of the molecule is CC(C)N(C)CCCNc1nnc(C(F)(F)F)s1. The van der Waals surface area contributed by atoms with Gasteiger partial charge in [0, 0.05) is 12.6 Å². The predicted octanol–water partition coefficient (Wildman–Crippen LogP) is 2.70. The number of anilines is 1. The molecule has 1 aromatic rings. The van der Waals surface area contributed by atoms with Gasteiger partial charge >= 0.3 is 6.18 Å². The van der Waals surface area contributed by atoms with Crippen LogP contribution in [0.2, 0.25) is 0 Å². The van der Waals surface area contributed by atoms with Crippen LogP contribution in [0, 0.1) is 0 Å². The van der Waals surface area contributed by atoms with Crippen LogP contribution in [0.4, 0.5) is 18.3 Å². The zero-order valence-corrected chi connectivity index (χ0v) is 11.4. The molecule has 1 rings (SSSR count). The zero-order chi connectivity index (χ0) is 13.8. The lowest BCUT2D eigenvalue weighted by atomic mass is 10.3. The number of hydrogen-bond acceptors (Lipinski definition) is 5. The number of aromatic nitrogens is 2. The molecule has 0 aliphatic carbocycles. The Morgan fingerprint density at radius 3 is 2.50 bits per heavy atom. The number of nitrogens with zero attached hydrogens (tertiary/aromatic N) is 3. The van der Waals surface area contributed by atoms with Crippen LogP contribution in [0.25, 0.3) is 0 Å². The van der Waals surface area contributed by atoms with Crippen LogP contribution in [0.15, 0.2) is 0 Å². The van der Waals surface area contributed by atoms with E-state index >= 15 is 0 Å². The minimum absolute atomic E-state index is 0.217. The van der Waals surface area contributed by atoms with E-state index in [4.69, 9.17) is 0 Å². The molecule has 0 aliphatic heterocycles. The maximum absolute atomic E-state index is 12.3. The first-order chi connectivity index (χ1) is 8.30. The van der Waals surface area contributed by atoms with E-state index in [1.165, 1.54) is 0 Å². The van der Waals surface area contributed by atoms with Gasteiger partial charge in [-0.2, -0.15) is 13.2 Å². The van der Waals surface area contributed by atoms with Crippen molar-refractivity contribution in [3.63, 3.8) is 0 Å². The largest absolute Gasteiger partial charge is 0.445 e. The molecule has 0 atom stereocenters. The molecule has 1 heterocycles. The molecule has 1 N–H and O–H groups in total. The molecule has 0 unspecified atom stereocenters. The molecule has 0 spiro atoms. The van der Waals surface area contributed by atoms with Crippen molar-refractivity contribution in [2.45, 2.75) is 32.5 Å². The zero-order valence-electron chi connectivity index (χ0n) is 10.6. The molecular formula is C10H17F3N4S. The lowest BCUT2D eigenvalue weighted by Crippen LogP contribution is -2.28. The van der Waals surface area contributed by atoms with Gasteiger partial charge in [-0.3, -0.25) is 0 Å². The van der Waals surface area contributed by atoms with Crippen LogP contribution in [-0.2, 0) is 6.18 Å². The van der Waals surface area contributed by atoms with Crippen LogP contribution in [0.1, 0.15) is 25.3 Å². The summed E-state index contributed by atoms with van der Waals surface area (Å²) in [5, 5.41) is 8.71. The Labute approximate surface area is 108 Å². The average Bonchev–Trinajstić information content (AvgIpc) is 2.72. The van der Waals surface area contributed by atoms with Gasteiger partial charge in [-0.25, -0.2) is 0 Å². The van der Waals surface area contributed by atoms with Gasteiger partial charge in [-0.05, 0) is 33.9 Å². The van der Waals surface area contributed by atoms with Crippen molar-refractivity contribution in [2.75, 3.05) is 25.5 Å². The standard InChI is InChI=1S/C10H17F3N4S/c1-7(2)17(3)6-4-5-14-9-16-15-8(18-9)10(11,12)13/h7H,4-6H2,1-3H3,(H,14,16). The van der Waals surface area contributed by atoms with Gasteiger partial charge in [-0.15, -0.1) is 10.2 Å². The third kappa shape index (κ3) is 4.77. The third-order valence-corrected chi connectivity index (χ3v) is 3.44. The van der Waals surface area contributed by atoms with Crippen LogP contribution in [0.5, 0.6) is 0 Å². The van der Waals surface area contributed by atoms with E-state index in [1.807, 2.05) is 7.05 Å². The van der Waals surface area contributed by atoms with Gasteiger partial charge < -0.3 is 10.2 Å². The Morgan fingerprint density at radius 2 is 2.00 bits per heavy atom. The summed E-state index contributed by atoms with van der Waals surface area (Å²) in [4.78, 5) is 2.17. The molecule has 0 saturated heterocycles. The van der Waals surface area contributed by atoms with Gasteiger partial charge in [-0.1, -0.05) is 11.3 Å².